The second-order valence-electron chi connectivity index (χ2n) is 6.16. The molecule has 0 aliphatic heterocycles. The molecule has 2 unspecified atom stereocenters. The van der Waals surface area contributed by atoms with Crippen molar-refractivity contribution >= 4 is 0 Å². The summed E-state index contributed by atoms with van der Waals surface area (Å²) in [7, 11) is 0. The van der Waals surface area contributed by atoms with Crippen LogP contribution in [0, 0.1) is 11.8 Å². The van der Waals surface area contributed by atoms with Gasteiger partial charge in [0.25, 0.3) is 0 Å². The molecule has 0 saturated heterocycles. The second kappa shape index (κ2) is 5.44. The molecule has 1 aromatic carbocycles. The Bertz CT molecular complexity index is 392. The summed E-state index contributed by atoms with van der Waals surface area (Å²) in [5, 5.41) is 0. The largest absolute Gasteiger partial charge is 0.330 e. The fourth-order valence-corrected chi connectivity index (χ4v) is 4.26. The van der Waals surface area contributed by atoms with Crippen LogP contribution in [0.3, 0.4) is 0 Å². The molecular weight excluding hydrogens is 218 g/mol. The molecule has 0 spiro atoms. The summed E-state index contributed by atoms with van der Waals surface area (Å²) in [6.45, 7) is 0.871. The third-order valence-corrected chi connectivity index (χ3v) is 5.17. The smallest absolute Gasteiger partial charge is 0.00428 e. The summed E-state index contributed by atoms with van der Waals surface area (Å²) >= 11 is 0. The first-order valence-electron chi connectivity index (χ1n) is 7.68. The van der Waals surface area contributed by atoms with E-state index in [2.05, 4.69) is 24.3 Å². The zero-order valence-electron chi connectivity index (χ0n) is 11.3. The van der Waals surface area contributed by atoms with Gasteiger partial charge >= 0.3 is 0 Å². The molecule has 1 saturated carbocycles. The summed E-state index contributed by atoms with van der Waals surface area (Å²) in [4.78, 5) is 0. The maximum absolute atomic E-state index is 6.06. The van der Waals surface area contributed by atoms with Gasteiger partial charge in [-0.05, 0) is 61.1 Å². The number of nitrogens with two attached hydrogens (primary N) is 1. The van der Waals surface area contributed by atoms with Crippen molar-refractivity contribution in [2.24, 2.45) is 17.6 Å². The maximum atomic E-state index is 6.06. The Kier molecular flexibility index (Phi) is 3.69. The first kappa shape index (κ1) is 12.2. The zero-order valence-corrected chi connectivity index (χ0v) is 11.3. The van der Waals surface area contributed by atoms with Gasteiger partial charge in [-0.25, -0.2) is 0 Å². The molecule has 0 amide bonds. The van der Waals surface area contributed by atoms with Gasteiger partial charge in [-0.15, -0.1) is 0 Å². The molecule has 0 bridgehead atoms. The van der Waals surface area contributed by atoms with E-state index in [0.29, 0.717) is 0 Å². The minimum Gasteiger partial charge on any atom is -0.330 e. The van der Waals surface area contributed by atoms with Crippen molar-refractivity contribution < 1.29 is 0 Å². The Morgan fingerprint density at radius 2 is 1.78 bits per heavy atom. The van der Waals surface area contributed by atoms with Gasteiger partial charge in [0.15, 0.2) is 0 Å². The lowest BCUT2D eigenvalue weighted by Crippen LogP contribution is -2.32. The highest BCUT2D eigenvalue weighted by Gasteiger charge is 2.34. The lowest BCUT2D eigenvalue weighted by Gasteiger charge is -2.40. The van der Waals surface area contributed by atoms with Gasteiger partial charge in [0.1, 0.15) is 0 Å². The summed E-state index contributed by atoms with van der Waals surface area (Å²) in [5.41, 5.74) is 9.28. The minimum atomic E-state index is 0.725. The minimum absolute atomic E-state index is 0.725. The van der Waals surface area contributed by atoms with Crippen molar-refractivity contribution in [3.63, 3.8) is 0 Å². The van der Waals surface area contributed by atoms with Gasteiger partial charge in [0.05, 0.1) is 0 Å². The number of hydrogen-bond donors (Lipinski definition) is 1. The first-order chi connectivity index (χ1) is 8.90. The van der Waals surface area contributed by atoms with Gasteiger partial charge in [-0.2, -0.15) is 0 Å². The normalized spacial score (nSPS) is 28.9. The van der Waals surface area contributed by atoms with Crippen LogP contribution in [0.25, 0.3) is 0 Å². The van der Waals surface area contributed by atoms with E-state index in [9.17, 15) is 0 Å². The fourth-order valence-electron chi connectivity index (χ4n) is 4.26. The lowest BCUT2D eigenvalue weighted by molar-refractivity contribution is 0.226. The van der Waals surface area contributed by atoms with Gasteiger partial charge < -0.3 is 5.73 Å². The van der Waals surface area contributed by atoms with Gasteiger partial charge in [0.2, 0.25) is 0 Å². The Hall–Kier alpha value is -0.820. The van der Waals surface area contributed by atoms with Crippen LogP contribution in [-0.2, 0) is 6.42 Å². The topological polar surface area (TPSA) is 26.0 Å². The predicted molar refractivity (Wildman–Crippen MR) is 76.6 cm³/mol. The van der Waals surface area contributed by atoms with Crippen LogP contribution in [0.4, 0.5) is 0 Å². The number of hydrogen-bond acceptors (Lipinski definition) is 1. The third-order valence-electron chi connectivity index (χ3n) is 5.17. The summed E-state index contributed by atoms with van der Waals surface area (Å²) < 4.78 is 0. The van der Waals surface area contributed by atoms with Crippen molar-refractivity contribution in [1.82, 2.24) is 0 Å². The number of fused-ring (bicyclic) bond motifs is 1. The molecule has 0 aromatic heterocycles. The zero-order chi connectivity index (χ0) is 12.4. The Balaban J connectivity index is 1.92. The van der Waals surface area contributed by atoms with Crippen molar-refractivity contribution in [2.45, 2.75) is 50.9 Å². The average molecular weight is 243 g/mol. The molecule has 2 N–H and O–H groups in total. The van der Waals surface area contributed by atoms with E-state index < -0.39 is 0 Å². The average Bonchev–Trinajstić information content (AvgIpc) is 2.47. The van der Waals surface area contributed by atoms with E-state index >= 15 is 0 Å². The van der Waals surface area contributed by atoms with E-state index in [1.807, 2.05) is 0 Å². The SMILES string of the molecule is NCC1CCc2ccccc2C1C1CCCCC1. The Morgan fingerprint density at radius 3 is 2.56 bits per heavy atom. The number of aryl methyl sites for hydroxylation is 1. The van der Waals surface area contributed by atoms with Crippen molar-refractivity contribution in [1.29, 1.82) is 0 Å². The quantitative estimate of drug-likeness (QED) is 0.838. The predicted octanol–water partition coefficient (Wildman–Crippen LogP) is 3.87. The molecule has 1 heteroatoms. The number of rotatable bonds is 2. The van der Waals surface area contributed by atoms with Crippen LogP contribution in [0.2, 0.25) is 0 Å². The molecule has 1 nitrogen and oxygen atoms in total. The molecule has 0 radical (unpaired) electrons. The first-order valence-corrected chi connectivity index (χ1v) is 7.68. The van der Waals surface area contributed by atoms with Gasteiger partial charge in [-0.1, -0.05) is 43.5 Å². The number of benzene rings is 1. The van der Waals surface area contributed by atoms with Crippen LogP contribution in [0.5, 0.6) is 0 Å². The lowest BCUT2D eigenvalue weighted by atomic mass is 9.65. The molecule has 1 aromatic rings. The van der Waals surface area contributed by atoms with E-state index in [4.69, 9.17) is 5.73 Å². The molecule has 2 atom stereocenters. The highest BCUT2D eigenvalue weighted by molar-refractivity contribution is 5.34. The van der Waals surface area contributed by atoms with Crippen molar-refractivity contribution in [3.8, 4) is 0 Å². The Morgan fingerprint density at radius 1 is 1.00 bits per heavy atom. The van der Waals surface area contributed by atoms with Crippen LogP contribution in [0.1, 0.15) is 55.6 Å². The van der Waals surface area contributed by atoms with Crippen molar-refractivity contribution in [3.05, 3.63) is 35.4 Å². The summed E-state index contributed by atoms with van der Waals surface area (Å²) in [6.07, 6.45) is 9.69. The van der Waals surface area contributed by atoms with Crippen molar-refractivity contribution in [2.75, 3.05) is 6.54 Å². The van der Waals surface area contributed by atoms with E-state index in [-0.39, 0.29) is 0 Å². The molecule has 2 aliphatic carbocycles. The third kappa shape index (κ3) is 2.21. The monoisotopic (exact) mass is 243 g/mol. The van der Waals surface area contributed by atoms with Gasteiger partial charge in [0, 0.05) is 0 Å². The second-order valence-corrected chi connectivity index (χ2v) is 6.16. The fraction of sp³-hybridized carbons (Fsp3) is 0.647. The van der Waals surface area contributed by atoms with Crippen LogP contribution < -0.4 is 5.73 Å². The molecule has 1 fully saturated rings. The standard InChI is InChI=1S/C17H25N/c18-12-15-11-10-13-6-4-5-9-16(13)17(15)14-7-2-1-3-8-14/h4-6,9,14-15,17H,1-3,7-8,10-12,18H2. The van der Waals surface area contributed by atoms with Gasteiger partial charge in [-0.3, -0.25) is 0 Å². The highest BCUT2D eigenvalue weighted by Crippen LogP contribution is 2.45. The highest BCUT2D eigenvalue weighted by atomic mass is 14.6. The molecular formula is C17H25N. The van der Waals surface area contributed by atoms with Crippen LogP contribution in [-0.4, -0.2) is 6.54 Å². The van der Waals surface area contributed by atoms with E-state index in [1.54, 1.807) is 11.1 Å². The molecule has 98 valence electrons. The molecule has 18 heavy (non-hydrogen) atoms. The summed E-state index contributed by atoms with van der Waals surface area (Å²) in [6, 6.07) is 9.11. The van der Waals surface area contributed by atoms with E-state index in [0.717, 1.165) is 24.3 Å². The van der Waals surface area contributed by atoms with Crippen LogP contribution in [0.15, 0.2) is 24.3 Å². The molecule has 3 rings (SSSR count). The maximum Gasteiger partial charge on any atom is -0.00428 e. The van der Waals surface area contributed by atoms with E-state index in [1.165, 1.54) is 44.9 Å². The van der Waals surface area contributed by atoms with Crippen LogP contribution >= 0.6 is 0 Å². The summed E-state index contributed by atoms with van der Waals surface area (Å²) in [5.74, 6) is 2.37. The Labute approximate surface area is 111 Å². The molecule has 2 aliphatic rings. The molecule has 0 heterocycles.